The van der Waals surface area contributed by atoms with Crippen LogP contribution in [-0.2, 0) is 12.1 Å². The van der Waals surface area contributed by atoms with Gasteiger partial charge in [-0.1, -0.05) is 84.4 Å². The van der Waals surface area contributed by atoms with E-state index in [0.717, 1.165) is 53.5 Å². The third kappa shape index (κ3) is 4.35. The lowest BCUT2D eigenvalue weighted by Gasteiger charge is -2.38. The first-order valence-electron chi connectivity index (χ1n) is 11.0. The van der Waals surface area contributed by atoms with Gasteiger partial charge in [0.05, 0.1) is 23.5 Å². The van der Waals surface area contributed by atoms with Gasteiger partial charge in [-0.15, -0.1) is 0 Å². The quantitative estimate of drug-likeness (QED) is 0.405. The second-order valence-electron chi connectivity index (χ2n) is 8.46. The largest absolute Gasteiger partial charge is 0.385 e. The van der Waals surface area contributed by atoms with Crippen LogP contribution in [0.15, 0.2) is 84.9 Å². The highest BCUT2D eigenvalue weighted by atomic mass is 35.5. The molecule has 1 aliphatic rings. The van der Waals surface area contributed by atoms with Crippen molar-refractivity contribution >= 4 is 11.6 Å². The molecule has 2 N–H and O–H groups in total. The standard InChI is InChI=1S/C27H26ClN3O/c28-23-13-7-12-22(18-23)27(32)14-16-31(17-15-27)19-24-29-25(20-8-3-1-4-9-20)26(30-24)21-10-5-2-6-11-21/h1-13,18,32H,14-17,19H2,(H,29,30). The average Bonchev–Trinajstić information content (AvgIpc) is 3.26. The van der Waals surface area contributed by atoms with E-state index in [1.807, 2.05) is 60.7 Å². The Morgan fingerprint density at radius 3 is 2.19 bits per heavy atom. The second kappa shape index (κ2) is 8.91. The van der Waals surface area contributed by atoms with Gasteiger partial charge in [-0.2, -0.15) is 0 Å². The SMILES string of the molecule is OC1(c2cccc(Cl)c2)CCN(Cc2nc(-c3ccccc3)c(-c3ccccc3)[nH]2)CC1. The molecule has 0 saturated carbocycles. The van der Waals surface area contributed by atoms with Gasteiger partial charge in [0.2, 0.25) is 0 Å². The van der Waals surface area contributed by atoms with E-state index in [1.54, 1.807) is 0 Å². The molecule has 0 unspecified atom stereocenters. The fourth-order valence-electron chi connectivity index (χ4n) is 4.48. The minimum atomic E-state index is -0.824. The molecule has 0 spiro atoms. The maximum atomic E-state index is 11.2. The molecule has 0 radical (unpaired) electrons. The van der Waals surface area contributed by atoms with Crippen molar-refractivity contribution < 1.29 is 5.11 Å². The van der Waals surface area contributed by atoms with Gasteiger partial charge in [0.15, 0.2) is 0 Å². The van der Waals surface area contributed by atoms with Crippen LogP contribution in [0.25, 0.3) is 22.5 Å². The van der Waals surface area contributed by atoms with Crippen LogP contribution in [0, 0.1) is 0 Å². The Kier molecular flexibility index (Phi) is 5.83. The summed E-state index contributed by atoms with van der Waals surface area (Å²) in [6, 6.07) is 28.2. The molecule has 1 aliphatic heterocycles. The van der Waals surface area contributed by atoms with Crippen LogP contribution in [0.3, 0.4) is 0 Å². The predicted octanol–water partition coefficient (Wildman–Crippen LogP) is 5.88. The van der Waals surface area contributed by atoms with Crippen molar-refractivity contribution in [3.8, 4) is 22.5 Å². The maximum Gasteiger partial charge on any atom is 0.121 e. The third-order valence-corrected chi connectivity index (χ3v) is 6.52. The number of imidazole rings is 1. The fraction of sp³-hybridized carbons (Fsp3) is 0.222. The molecule has 32 heavy (non-hydrogen) atoms. The summed E-state index contributed by atoms with van der Waals surface area (Å²) in [5.74, 6) is 0.941. The molecule has 3 aromatic carbocycles. The van der Waals surface area contributed by atoms with Crippen molar-refractivity contribution in [2.45, 2.75) is 25.0 Å². The minimum Gasteiger partial charge on any atom is -0.385 e. The third-order valence-electron chi connectivity index (χ3n) is 6.28. The number of likely N-dealkylation sites (tertiary alicyclic amines) is 1. The number of hydrogen-bond acceptors (Lipinski definition) is 3. The zero-order chi connectivity index (χ0) is 22.0. The maximum absolute atomic E-state index is 11.2. The fourth-order valence-corrected chi connectivity index (χ4v) is 4.67. The summed E-state index contributed by atoms with van der Waals surface area (Å²) in [6.45, 7) is 2.31. The normalized spacial score (nSPS) is 16.2. The lowest BCUT2D eigenvalue weighted by Crippen LogP contribution is -2.42. The van der Waals surface area contributed by atoms with Crippen LogP contribution in [0.5, 0.6) is 0 Å². The summed E-state index contributed by atoms with van der Waals surface area (Å²) in [4.78, 5) is 10.9. The lowest BCUT2D eigenvalue weighted by atomic mass is 9.84. The Morgan fingerprint density at radius 1 is 0.875 bits per heavy atom. The molecule has 4 aromatic rings. The first-order chi connectivity index (χ1) is 15.6. The lowest BCUT2D eigenvalue weighted by molar-refractivity contribution is -0.0281. The topological polar surface area (TPSA) is 52.1 Å². The highest BCUT2D eigenvalue weighted by Gasteiger charge is 2.34. The molecule has 1 saturated heterocycles. The average molecular weight is 444 g/mol. The number of nitrogens with one attached hydrogen (secondary N) is 1. The van der Waals surface area contributed by atoms with E-state index in [9.17, 15) is 5.11 Å². The van der Waals surface area contributed by atoms with Crippen molar-refractivity contribution in [3.05, 3.63) is 101 Å². The van der Waals surface area contributed by atoms with Crippen molar-refractivity contribution in [3.63, 3.8) is 0 Å². The van der Waals surface area contributed by atoms with Crippen LogP contribution in [0.2, 0.25) is 5.02 Å². The van der Waals surface area contributed by atoms with Crippen molar-refractivity contribution in [1.29, 1.82) is 0 Å². The smallest absolute Gasteiger partial charge is 0.121 e. The number of aliphatic hydroxyl groups is 1. The highest BCUT2D eigenvalue weighted by molar-refractivity contribution is 6.30. The van der Waals surface area contributed by atoms with Gasteiger partial charge in [0.25, 0.3) is 0 Å². The predicted molar refractivity (Wildman–Crippen MR) is 129 cm³/mol. The van der Waals surface area contributed by atoms with Gasteiger partial charge in [0, 0.05) is 29.2 Å². The molecular formula is C27H26ClN3O. The Morgan fingerprint density at radius 2 is 1.53 bits per heavy atom. The van der Waals surface area contributed by atoms with E-state index in [4.69, 9.17) is 16.6 Å². The van der Waals surface area contributed by atoms with Gasteiger partial charge in [-0.05, 0) is 30.5 Å². The van der Waals surface area contributed by atoms with Gasteiger partial charge < -0.3 is 10.1 Å². The van der Waals surface area contributed by atoms with Crippen molar-refractivity contribution in [1.82, 2.24) is 14.9 Å². The number of H-pyrrole nitrogens is 1. The highest BCUT2D eigenvalue weighted by Crippen LogP contribution is 2.35. The summed E-state index contributed by atoms with van der Waals surface area (Å²) in [5, 5.41) is 11.9. The number of nitrogens with zero attached hydrogens (tertiary/aromatic N) is 2. The summed E-state index contributed by atoms with van der Waals surface area (Å²) in [5.41, 5.74) is 4.32. The van der Waals surface area contributed by atoms with E-state index in [0.29, 0.717) is 17.9 Å². The number of piperidine rings is 1. The first kappa shape index (κ1) is 21.0. The number of halogens is 1. The molecule has 0 bridgehead atoms. The first-order valence-corrected chi connectivity index (χ1v) is 11.4. The van der Waals surface area contributed by atoms with Crippen molar-refractivity contribution in [2.24, 2.45) is 0 Å². The van der Waals surface area contributed by atoms with E-state index in [2.05, 4.69) is 34.1 Å². The van der Waals surface area contributed by atoms with E-state index < -0.39 is 5.60 Å². The zero-order valence-corrected chi connectivity index (χ0v) is 18.6. The van der Waals surface area contributed by atoms with Gasteiger partial charge in [-0.3, -0.25) is 4.90 Å². The Bertz CT molecular complexity index is 1130. The number of aromatic amines is 1. The molecule has 162 valence electrons. The molecule has 2 heterocycles. The van der Waals surface area contributed by atoms with Gasteiger partial charge >= 0.3 is 0 Å². The van der Waals surface area contributed by atoms with Crippen LogP contribution >= 0.6 is 11.6 Å². The van der Waals surface area contributed by atoms with Gasteiger partial charge in [-0.25, -0.2) is 4.98 Å². The number of hydrogen-bond donors (Lipinski definition) is 2. The summed E-state index contributed by atoms with van der Waals surface area (Å²) >= 11 is 6.15. The van der Waals surface area contributed by atoms with Crippen LogP contribution in [0.4, 0.5) is 0 Å². The van der Waals surface area contributed by atoms with E-state index in [-0.39, 0.29) is 0 Å². The number of rotatable bonds is 5. The molecule has 0 aliphatic carbocycles. The molecular weight excluding hydrogens is 418 g/mol. The summed E-state index contributed by atoms with van der Waals surface area (Å²) in [7, 11) is 0. The minimum absolute atomic E-state index is 0.663. The molecule has 1 fully saturated rings. The van der Waals surface area contributed by atoms with Crippen LogP contribution < -0.4 is 0 Å². The van der Waals surface area contributed by atoms with Gasteiger partial charge in [0.1, 0.15) is 5.82 Å². The zero-order valence-electron chi connectivity index (χ0n) is 17.8. The molecule has 0 atom stereocenters. The summed E-state index contributed by atoms with van der Waals surface area (Å²) in [6.07, 6.45) is 1.34. The Labute approximate surface area is 193 Å². The number of aromatic nitrogens is 2. The Balaban J connectivity index is 1.36. The van der Waals surface area contributed by atoms with Crippen LogP contribution in [-0.4, -0.2) is 33.1 Å². The van der Waals surface area contributed by atoms with E-state index in [1.165, 1.54) is 0 Å². The van der Waals surface area contributed by atoms with Crippen molar-refractivity contribution in [2.75, 3.05) is 13.1 Å². The molecule has 0 amide bonds. The molecule has 5 rings (SSSR count). The molecule has 1 aromatic heterocycles. The number of benzene rings is 3. The second-order valence-corrected chi connectivity index (χ2v) is 8.89. The summed E-state index contributed by atoms with van der Waals surface area (Å²) < 4.78 is 0. The molecule has 5 heteroatoms. The van der Waals surface area contributed by atoms with Crippen LogP contribution in [0.1, 0.15) is 24.2 Å². The Hall–Kier alpha value is -2.92. The molecule has 4 nitrogen and oxygen atoms in total. The monoisotopic (exact) mass is 443 g/mol. The van der Waals surface area contributed by atoms with E-state index >= 15 is 0 Å².